The van der Waals surface area contributed by atoms with Crippen LogP contribution in [0.3, 0.4) is 0 Å². The molecule has 4 aliphatic carbocycles. The fraction of sp³-hybridized carbons (Fsp3) is 0.231. The summed E-state index contributed by atoms with van der Waals surface area (Å²) in [5.74, 6) is 0. The first kappa shape index (κ1) is 29.4. The first-order valence-corrected chi connectivity index (χ1v) is 19.9. The summed E-state index contributed by atoms with van der Waals surface area (Å²) in [4.78, 5) is 0. The molecule has 8 aromatic rings. The molecule has 0 unspecified atom stereocenters. The zero-order chi connectivity index (χ0) is 34.0. The van der Waals surface area contributed by atoms with Gasteiger partial charge in [-0.1, -0.05) is 148 Å². The SMILES string of the molecule is c1cc(-c2ccc3c(c2)C2(CCCCC2)c2cc4c(cc2-3)C2(CCCCC2)c2ccccc2-4)cc(-c2ccc3ccc4cccc5ccc2c3c45)c1. The van der Waals surface area contributed by atoms with Crippen molar-refractivity contribution in [2.45, 2.75) is 75.0 Å². The second-order valence-electron chi connectivity index (χ2n) is 16.6. The normalized spacial score (nSPS) is 17.9. The van der Waals surface area contributed by atoms with E-state index in [9.17, 15) is 0 Å². The van der Waals surface area contributed by atoms with Crippen molar-refractivity contribution in [3.05, 3.63) is 156 Å². The van der Waals surface area contributed by atoms with Gasteiger partial charge in [0.15, 0.2) is 0 Å². The number of hydrogen-bond donors (Lipinski definition) is 0. The summed E-state index contributed by atoms with van der Waals surface area (Å²) in [6.07, 6.45) is 13.1. The van der Waals surface area contributed by atoms with Crippen molar-refractivity contribution in [2.75, 3.05) is 0 Å². The number of rotatable bonds is 2. The molecule has 0 bridgehead atoms. The lowest BCUT2D eigenvalue weighted by atomic mass is 9.66. The Hall–Kier alpha value is -5.20. The summed E-state index contributed by atoms with van der Waals surface area (Å²) in [5.41, 5.74) is 18.0. The highest BCUT2D eigenvalue weighted by Gasteiger charge is 2.48. The molecule has 250 valence electrons. The molecule has 0 heterocycles. The largest absolute Gasteiger partial charge is 0.0619 e. The summed E-state index contributed by atoms with van der Waals surface area (Å²) in [7, 11) is 0. The lowest BCUT2D eigenvalue weighted by Crippen LogP contribution is -2.29. The molecular formula is C52H42. The smallest absolute Gasteiger partial charge is 0.0215 e. The predicted octanol–water partition coefficient (Wildman–Crippen LogP) is 14.4. The molecular weight excluding hydrogens is 625 g/mol. The summed E-state index contributed by atoms with van der Waals surface area (Å²) < 4.78 is 0. The van der Waals surface area contributed by atoms with Crippen molar-refractivity contribution in [2.24, 2.45) is 0 Å². The second kappa shape index (κ2) is 10.7. The highest BCUT2D eigenvalue weighted by molar-refractivity contribution is 6.25. The van der Waals surface area contributed by atoms with Gasteiger partial charge in [0.25, 0.3) is 0 Å². The maximum absolute atomic E-state index is 2.70. The third-order valence-electron chi connectivity index (χ3n) is 14.2. The van der Waals surface area contributed by atoms with Gasteiger partial charge in [0.1, 0.15) is 0 Å². The Morgan fingerprint density at radius 1 is 0.308 bits per heavy atom. The Balaban J connectivity index is 1.01. The maximum atomic E-state index is 2.70. The van der Waals surface area contributed by atoms with E-state index in [1.807, 2.05) is 0 Å². The van der Waals surface area contributed by atoms with E-state index in [0.29, 0.717) is 0 Å². The van der Waals surface area contributed by atoms with Gasteiger partial charge in [-0.25, -0.2) is 0 Å². The summed E-state index contributed by atoms with van der Waals surface area (Å²) in [6.45, 7) is 0. The van der Waals surface area contributed by atoms with Crippen LogP contribution < -0.4 is 0 Å². The van der Waals surface area contributed by atoms with Crippen molar-refractivity contribution < 1.29 is 0 Å². The Morgan fingerprint density at radius 3 is 1.60 bits per heavy atom. The third kappa shape index (κ3) is 3.83. The molecule has 2 spiro atoms. The lowest BCUT2D eigenvalue weighted by Gasteiger charge is -2.37. The minimum atomic E-state index is 0.106. The van der Waals surface area contributed by atoms with Crippen LogP contribution >= 0.6 is 0 Å². The summed E-state index contributed by atoms with van der Waals surface area (Å²) in [5, 5.41) is 8.07. The van der Waals surface area contributed by atoms with Crippen LogP contribution in [-0.4, -0.2) is 0 Å². The van der Waals surface area contributed by atoms with Crippen LogP contribution in [0.15, 0.2) is 133 Å². The van der Waals surface area contributed by atoms with Gasteiger partial charge in [-0.3, -0.25) is 0 Å². The molecule has 0 saturated heterocycles. The zero-order valence-corrected chi connectivity index (χ0v) is 29.8. The highest BCUT2D eigenvalue weighted by atomic mass is 14.5. The molecule has 0 aliphatic heterocycles. The van der Waals surface area contributed by atoms with Crippen LogP contribution in [0.25, 0.3) is 76.8 Å². The first-order valence-electron chi connectivity index (χ1n) is 19.9. The molecule has 0 amide bonds. The molecule has 0 nitrogen and oxygen atoms in total. The van der Waals surface area contributed by atoms with Crippen molar-refractivity contribution in [1.82, 2.24) is 0 Å². The predicted molar refractivity (Wildman–Crippen MR) is 220 cm³/mol. The molecule has 0 N–H and O–H groups in total. The van der Waals surface area contributed by atoms with E-state index < -0.39 is 0 Å². The molecule has 0 atom stereocenters. The van der Waals surface area contributed by atoms with E-state index in [4.69, 9.17) is 0 Å². The summed E-state index contributed by atoms with van der Waals surface area (Å²) >= 11 is 0. The average Bonchev–Trinajstić information content (AvgIpc) is 3.61. The van der Waals surface area contributed by atoms with Gasteiger partial charge in [-0.05, 0) is 149 Å². The molecule has 0 radical (unpaired) electrons. The molecule has 2 saturated carbocycles. The van der Waals surface area contributed by atoms with Crippen LogP contribution in [0.2, 0.25) is 0 Å². The minimum absolute atomic E-state index is 0.106. The van der Waals surface area contributed by atoms with Crippen molar-refractivity contribution in [3.8, 4) is 44.5 Å². The van der Waals surface area contributed by atoms with Gasteiger partial charge in [0.2, 0.25) is 0 Å². The Morgan fingerprint density at radius 2 is 0.846 bits per heavy atom. The second-order valence-corrected chi connectivity index (χ2v) is 16.6. The molecule has 2 fully saturated rings. The van der Waals surface area contributed by atoms with Crippen LogP contribution in [0.4, 0.5) is 0 Å². The zero-order valence-electron chi connectivity index (χ0n) is 29.8. The van der Waals surface area contributed by atoms with E-state index in [2.05, 4.69) is 133 Å². The standard InChI is InChI=1S/C52H42/c1-5-25-51(26-6-1)45-16-4-3-15-40(45)43-31-48-44(32-47(43)51)41-23-21-37(30-46(41)52(48)27-7-2-8-28-52)36-13-10-14-38(29-36)39-22-19-35-18-17-33-11-9-12-34-20-24-42(39)50(35)49(33)34/h3-4,9-24,29-32H,1-2,5-8,25-28H2. The van der Waals surface area contributed by atoms with E-state index in [0.717, 1.165) is 0 Å². The quantitative estimate of drug-likeness (QED) is 0.161. The topological polar surface area (TPSA) is 0 Å². The lowest BCUT2D eigenvalue weighted by molar-refractivity contribution is 0.350. The minimum Gasteiger partial charge on any atom is -0.0619 e. The molecule has 0 aromatic heterocycles. The van der Waals surface area contributed by atoms with Gasteiger partial charge in [0, 0.05) is 10.8 Å². The van der Waals surface area contributed by atoms with Crippen molar-refractivity contribution >= 4 is 32.3 Å². The molecule has 52 heavy (non-hydrogen) atoms. The van der Waals surface area contributed by atoms with Crippen LogP contribution in [0.5, 0.6) is 0 Å². The van der Waals surface area contributed by atoms with E-state index in [1.54, 1.807) is 22.3 Å². The Bertz CT molecular complexity index is 2730. The van der Waals surface area contributed by atoms with E-state index >= 15 is 0 Å². The summed E-state index contributed by atoms with van der Waals surface area (Å²) in [6, 6.07) is 52.3. The molecule has 8 aromatic carbocycles. The van der Waals surface area contributed by atoms with Crippen molar-refractivity contribution in [1.29, 1.82) is 0 Å². The maximum Gasteiger partial charge on any atom is 0.0215 e. The van der Waals surface area contributed by atoms with Gasteiger partial charge < -0.3 is 0 Å². The van der Waals surface area contributed by atoms with Gasteiger partial charge in [-0.15, -0.1) is 0 Å². The fourth-order valence-corrected chi connectivity index (χ4v) is 11.9. The van der Waals surface area contributed by atoms with Gasteiger partial charge in [-0.2, -0.15) is 0 Å². The van der Waals surface area contributed by atoms with E-state index in [1.165, 1.54) is 141 Å². The van der Waals surface area contributed by atoms with Gasteiger partial charge in [0.05, 0.1) is 0 Å². The van der Waals surface area contributed by atoms with Crippen molar-refractivity contribution in [3.63, 3.8) is 0 Å². The molecule has 12 rings (SSSR count). The monoisotopic (exact) mass is 666 g/mol. The first-order chi connectivity index (χ1) is 25.7. The number of hydrogen-bond acceptors (Lipinski definition) is 0. The third-order valence-corrected chi connectivity index (χ3v) is 14.2. The fourth-order valence-electron chi connectivity index (χ4n) is 11.9. The molecule has 0 heteroatoms. The average molecular weight is 667 g/mol. The Labute approximate surface area is 306 Å². The Kier molecular flexibility index (Phi) is 6.03. The van der Waals surface area contributed by atoms with Crippen LogP contribution in [-0.2, 0) is 10.8 Å². The van der Waals surface area contributed by atoms with Crippen LogP contribution in [0.1, 0.15) is 86.5 Å². The number of benzene rings is 8. The van der Waals surface area contributed by atoms with Crippen LogP contribution in [0, 0.1) is 0 Å². The number of fused-ring (bicyclic) bond motifs is 10. The van der Waals surface area contributed by atoms with E-state index in [-0.39, 0.29) is 10.8 Å². The molecule has 4 aliphatic rings. The van der Waals surface area contributed by atoms with Gasteiger partial charge >= 0.3 is 0 Å². The highest BCUT2D eigenvalue weighted by Crippen LogP contribution is 2.62.